The number of carbonyl (C=O) groups is 2. The van der Waals surface area contributed by atoms with Gasteiger partial charge in [0.1, 0.15) is 5.75 Å². The summed E-state index contributed by atoms with van der Waals surface area (Å²) < 4.78 is 5.20. The molecule has 0 bridgehead atoms. The second-order valence-corrected chi connectivity index (χ2v) is 7.30. The first-order valence-corrected chi connectivity index (χ1v) is 10.1. The summed E-state index contributed by atoms with van der Waals surface area (Å²) in [6.45, 7) is 4.45. The van der Waals surface area contributed by atoms with Crippen molar-refractivity contribution in [2.75, 3.05) is 24.3 Å². The monoisotopic (exact) mass is 417 g/mol. The van der Waals surface area contributed by atoms with E-state index in [1.807, 2.05) is 56.3 Å². The molecule has 0 unspecified atom stereocenters. The lowest BCUT2D eigenvalue weighted by Gasteiger charge is -2.13. The molecule has 0 fully saturated rings. The van der Waals surface area contributed by atoms with E-state index in [1.165, 1.54) is 5.56 Å². The molecular weight excluding hydrogens is 390 g/mol. The number of para-hydroxylation sites is 1. The van der Waals surface area contributed by atoms with Crippen LogP contribution in [0.5, 0.6) is 5.75 Å². The van der Waals surface area contributed by atoms with Gasteiger partial charge in [-0.05, 0) is 55.3 Å². The van der Waals surface area contributed by atoms with Crippen LogP contribution in [0.25, 0.3) is 0 Å². The van der Waals surface area contributed by atoms with Crippen molar-refractivity contribution in [3.63, 3.8) is 0 Å². The van der Waals surface area contributed by atoms with Crippen LogP contribution < -0.4 is 20.7 Å². The van der Waals surface area contributed by atoms with E-state index in [2.05, 4.69) is 16.0 Å². The molecule has 0 saturated heterocycles. The Balaban J connectivity index is 1.59. The quantitative estimate of drug-likeness (QED) is 0.511. The van der Waals surface area contributed by atoms with Crippen LogP contribution in [0.1, 0.15) is 27.0 Å². The Morgan fingerprint density at radius 1 is 0.903 bits per heavy atom. The van der Waals surface area contributed by atoms with Crippen LogP contribution in [0.2, 0.25) is 0 Å². The zero-order valence-electron chi connectivity index (χ0n) is 18.0. The normalized spacial score (nSPS) is 10.3. The molecule has 3 aromatic rings. The third-order valence-electron chi connectivity index (χ3n) is 4.89. The fourth-order valence-corrected chi connectivity index (χ4v) is 3.10. The van der Waals surface area contributed by atoms with Gasteiger partial charge in [0, 0.05) is 12.2 Å². The Morgan fingerprint density at radius 3 is 2.35 bits per heavy atom. The first-order chi connectivity index (χ1) is 15.0. The Bertz CT molecular complexity index is 1060. The fourth-order valence-electron chi connectivity index (χ4n) is 3.10. The van der Waals surface area contributed by atoms with Gasteiger partial charge in [-0.15, -0.1) is 0 Å². The van der Waals surface area contributed by atoms with Crippen molar-refractivity contribution in [3.05, 3.63) is 89.0 Å². The minimum absolute atomic E-state index is 0.0759. The number of benzene rings is 3. The van der Waals surface area contributed by atoms with E-state index in [0.29, 0.717) is 17.8 Å². The number of anilines is 2. The van der Waals surface area contributed by atoms with E-state index in [4.69, 9.17) is 4.74 Å². The molecule has 0 aliphatic heterocycles. The number of nitrogens with one attached hydrogen (secondary N) is 3. The minimum atomic E-state index is -0.242. The van der Waals surface area contributed by atoms with E-state index in [0.717, 1.165) is 22.6 Å². The predicted octanol–water partition coefficient (Wildman–Crippen LogP) is 4.29. The van der Waals surface area contributed by atoms with Crippen LogP contribution in [0.15, 0.2) is 66.7 Å². The molecule has 0 aliphatic carbocycles. The Hall–Kier alpha value is -3.80. The third kappa shape index (κ3) is 6.09. The van der Waals surface area contributed by atoms with Crippen LogP contribution >= 0.6 is 0 Å². The highest BCUT2D eigenvalue weighted by atomic mass is 16.5. The van der Waals surface area contributed by atoms with Gasteiger partial charge < -0.3 is 20.7 Å². The number of amides is 2. The summed E-state index contributed by atoms with van der Waals surface area (Å²) >= 11 is 0. The molecule has 160 valence electrons. The number of hydrogen-bond donors (Lipinski definition) is 3. The molecule has 0 aliphatic rings. The standard InChI is InChI=1S/C25H27N3O3/c1-17-8-10-19(11-9-17)15-27-25(30)21-6-4-5-7-23(21)28-24(29)16-26-22-13-12-20(31-3)14-18(22)2/h4-14,26H,15-16H2,1-3H3,(H,27,30)(H,28,29). The van der Waals surface area contributed by atoms with E-state index in [9.17, 15) is 9.59 Å². The van der Waals surface area contributed by atoms with Gasteiger partial charge >= 0.3 is 0 Å². The zero-order valence-corrected chi connectivity index (χ0v) is 18.0. The zero-order chi connectivity index (χ0) is 22.2. The Morgan fingerprint density at radius 2 is 1.65 bits per heavy atom. The van der Waals surface area contributed by atoms with E-state index in [-0.39, 0.29) is 18.4 Å². The molecule has 6 nitrogen and oxygen atoms in total. The fraction of sp³-hybridized carbons (Fsp3) is 0.200. The minimum Gasteiger partial charge on any atom is -0.497 e. The molecule has 31 heavy (non-hydrogen) atoms. The molecule has 0 atom stereocenters. The van der Waals surface area contributed by atoms with Gasteiger partial charge in [-0.1, -0.05) is 42.0 Å². The second-order valence-electron chi connectivity index (χ2n) is 7.30. The first-order valence-electron chi connectivity index (χ1n) is 10.1. The van der Waals surface area contributed by atoms with Gasteiger partial charge in [-0.2, -0.15) is 0 Å². The maximum absolute atomic E-state index is 12.7. The summed E-state index contributed by atoms with van der Waals surface area (Å²) in [6.07, 6.45) is 0. The van der Waals surface area contributed by atoms with Crippen molar-refractivity contribution in [2.45, 2.75) is 20.4 Å². The highest BCUT2D eigenvalue weighted by molar-refractivity contribution is 6.04. The van der Waals surface area contributed by atoms with Crippen molar-refractivity contribution >= 4 is 23.2 Å². The summed E-state index contributed by atoms with van der Waals surface area (Å²) in [7, 11) is 1.61. The summed E-state index contributed by atoms with van der Waals surface area (Å²) in [4.78, 5) is 25.2. The topological polar surface area (TPSA) is 79.5 Å². The molecular formula is C25H27N3O3. The van der Waals surface area contributed by atoms with Crippen LogP contribution in [-0.4, -0.2) is 25.5 Å². The summed E-state index contributed by atoms with van der Waals surface area (Å²) in [5, 5.41) is 8.85. The average molecular weight is 418 g/mol. The molecule has 0 aromatic heterocycles. The predicted molar refractivity (Wildman–Crippen MR) is 124 cm³/mol. The van der Waals surface area contributed by atoms with Crippen molar-refractivity contribution < 1.29 is 14.3 Å². The van der Waals surface area contributed by atoms with E-state index >= 15 is 0 Å². The summed E-state index contributed by atoms with van der Waals surface area (Å²) in [5.74, 6) is 0.280. The molecule has 0 spiro atoms. The number of hydrogen-bond acceptors (Lipinski definition) is 4. The average Bonchev–Trinajstić information content (AvgIpc) is 2.78. The number of carbonyl (C=O) groups excluding carboxylic acids is 2. The van der Waals surface area contributed by atoms with Crippen LogP contribution in [0.4, 0.5) is 11.4 Å². The molecule has 6 heteroatoms. The summed E-state index contributed by atoms with van der Waals surface area (Å²) in [5.41, 5.74) is 4.90. The second kappa shape index (κ2) is 10.3. The number of rotatable bonds is 8. The third-order valence-corrected chi connectivity index (χ3v) is 4.89. The lowest BCUT2D eigenvalue weighted by Crippen LogP contribution is -2.26. The molecule has 0 radical (unpaired) electrons. The van der Waals surface area contributed by atoms with Gasteiger partial charge in [-0.3, -0.25) is 9.59 Å². The molecule has 0 heterocycles. The Labute approximate surface area is 182 Å². The molecule has 3 N–H and O–H groups in total. The van der Waals surface area contributed by atoms with Gasteiger partial charge in [0.25, 0.3) is 5.91 Å². The number of methoxy groups -OCH3 is 1. The van der Waals surface area contributed by atoms with Crippen molar-refractivity contribution in [3.8, 4) is 5.75 Å². The maximum Gasteiger partial charge on any atom is 0.253 e. The number of ether oxygens (including phenoxy) is 1. The van der Waals surface area contributed by atoms with Crippen molar-refractivity contribution in [1.29, 1.82) is 0 Å². The van der Waals surface area contributed by atoms with Crippen molar-refractivity contribution in [1.82, 2.24) is 5.32 Å². The summed E-state index contributed by atoms with van der Waals surface area (Å²) in [6, 6.07) is 20.6. The smallest absolute Gasteiger partial charge is 0.253 e. The van der Waals surface area contributed by atoms with Gasteiger partial charge in [0.05, 0.1) is 24.9 Å². The number of aryl methyl sites for hydroxylation is 2. The van der Waals surface area contributed by atoms with Crippen molar-refractivity contribution in [2.24, 2.45) is 0 Å². The van der Waals surface area contributed by atoms with E-state index < -0.39 is 0 Å². The largest absolute Gasteiger partial charge is 0.497 e. The van der Waals surface area contributed by atoms with Crippen LogP contribution in [0, 0.1) is 13.8 Å². The van der Waals surface area contributed by atoms with Crippen LogP contribution in [0.3, 0.4) is 0 Å². The molecule has 3 aromatic carbocycles. The van der Waals surface area contributed by atoms with Crippen LogP contribution in [-0.2, 0) is 11.3 Å². The Kier molecular flexibility index (Phi) is 7.27. The lowest BCUT2D eigenvalue weighted by molar-refractivity contribution is -0.114. The highest BCUT2D eigenvalue weighted by Crippen LogP contribution is 2.21. The van der Waals surface area contributed by atoms with Gasteiger partial charge in [0.15, 0.2) is 0 Å². The lowest BCUT2D eigenvalue weighted by atomic mass is 10.1. The molecule has 3 rings (SSSR count). The molecule has 0 saturated carbocycles. The van der Waals surface area contributed by atoms with Gasteiger partial charge in [0.2, 0.25) is 5.91 Å². The maximum atomic E-state index is 12.7. The van der Waals surface area contributed by atoms with E-state index in [1.54, 1.807) is 31.4 Å². The first kappa shape index (κ1) is 21.9. The highest BCUT2D eigenvalue weighted by Gasteiger charge is 2.13. The van der Waals surface area contributed by atoms with Gasteiger partial charge in [-0.25, -0.2) is 0 Å². The SMILES string of the molecule is COc1ccc(NCC(=O)Nc2ccccc2C(=O)NCc2ccc(C)cc2)c(C)c1. The molecule has 2 amide bonds.